The Labute approximate surface area is 126 Å². The van der Waals surface area contributed by atoms with E-state index in [1.807, 2.05) is 18.2 Å². The van der Waals surface area contributed by atoms with Crippen molar-refractivity contribution in [2.24, 2.45) is 17.8 Å². The first-order chi connectivity index (χ1) is 9.71. The fourth-order valence-electron chi connectivity index (χ4n) is 4.14. The highest BCUT2D eigenvalue weighted by Gasteiger charge is 2.40. The number of hydrogen-bond acceptors (Lipinski definition) is 2. The van der Waals surface area contributed by atoms with Crippen LogP contribution in [-0.2, 0) is 0 Å². The Balaban J connectivity index is 1.74. The fraction of sp³-hybridized carbons (Fsp3) is 0.647. The second-order valence-corrected chi connectivity index (χ2v) is 6.77. The summed E-state index contributed by atoms with van der Waals surface area (Å²) in [5.41, 5.74) is 1.07. The molecular formula is C17H23ClO2. The van der Waals surface area contributed by atoms with E-state index in [0.29, 0.717) is 0 Å². The lowest BCUT2D eigenvalue weighted by atomic mass is 9.84. The quantitative estimate of drug-likeness (QED) is 0.726. The van der Waals surface area contributed by atoms with Gasteiger partial charge in [0.15, 0.2) is 0 Å². The molecule has 2 aliphatic rings. The molecule has 0 N–H and O–H groups in total. The Kier molecular flexibility index (Phi) is 4.11. The van der Waals surface area contributed by atoms with Gasteiger partial charge in [0.1, 0.15) is 11.5 Å². The molecule has 4 atom stereocenters. The number of fused-ring (bicyclic) bond motifs is 2. The molecule has 110 valence electrons. The summed E-state index contributed by atoms with van der Waals surface area (Å²) in [4.78, 5) is 0. The van der Waals surface area contributed by atoms with E-state index >= 15 is 0 Å². The van der Waals surface area contributed by atoms with Crippen LogP contribution in [0.2, 0.25) is 0 Å². The predicted molar refractivity (Wildman–Crippen MR) is 81.7 cm³/mol. The van der Waals surface area contributed by atoms with E-state index in [2.05, 4.69) is 0 Å². The number of halogens is 1. The third-order valence-corrected chi connectivity index (χ3v) is 5.58. The minimum Gasteiger partial charge on any atom is -0.497 e. The van der Waals surface area contributed by atoms with Crippen molar-refractivity contribution >= 4 is 11.6 Å². The lowest BCUT2D eigenvalue weighted by molar-refractivity contribution is 0.309. The van der Waals surface area contributed by atoms with E-state index in [9.17, 15) is 0 Å². The summed E-state index contributed by atoms with van der Waals surface area (Å²) in [5.74, 6) is 4.40. The number of hydrogen-bond donors (Lipinski definition) is 0. The molecule has 0 aliphatic heterocycles. The molecule has 20 heavy (non-hydrogen) atoms. The summed E-state index contributed by atoms with van der Waals surface area (Å²) in [6.07, 6.45) is 6.72. The minimum atomic E-state index is 0.0180. The molecule has 2 nitrogen and oxygen atoms in total. The lowest BCUT2D eigenvalue weighted by Crippen LogP contribution is -2.12. The molecule has 2 fully saturated rings. The van der Waals surface area contributed by atoms with Crippen molar-refractivity contribution in [2.45, 2.75) is 37.5 Å². The van der Waals surface area contributed by atoms with Gasteiger partial charge >= 0.3 is 0 Å². The largest absolute Gasteiger partial charge is 0.497 e. The van der Waals surface area contributed by atoms with Crippen molar-refractivity contribution in [3.63, 3.8) is 0 Å². The SMILES string of the molecule is COc1ccc(OC)c(C(Cl)CC2CC3CCC2C3)c1. The summed E-state index contributed by atoms with van der Waals surface area (Å²) in [6, 6.07) is 5.89. The summed E-state index contributed by atoms with van der Waals surface area (Å²) < 4.78 is 10.8. The molecule has 0 aromatic heterocycles. The monoisotopic (exact) mass is 294 g/mol. The van der Waals surface area contributed by atoms with Crippen LogP contribution in [0.1, 0.15) is 43.0 Å². The summed E-state index contributed by atoms with van der Waals surface area (Å²) >= 11 is 6.70. The van der Waals surface area contributed by atoms with Crippen LogP contribution in [0.5, 0.6) is 11.5 Å². The standard InChI is InChI=1S/C17H23ClO2/c1-19-14-5-6-17(20-2)15(10-14)16(18)9-13-8-11-3-4-12(13)7-11/h5-6,10-13,16H,3-4,7-9H2,1-2H3. The average Bonchev–Trinajstić information content (AvgIpc) is 3.09. The van der Waals surface area contributed by atoms with Crippen LogP contribution in [0, 0.1) is 17.8 Å². The van der Waals surface area contributed by atoms with E-state index in [1.54, 1.807) is 14.2 Å². The highest BCUT2D eigenvalue weighted by Crippen LogP contribution is 2.52. The number of ether oxygens (including phenoxy) is 2. The summed E-state index contributed by atoms with van der Waals surface area (Å²) in [7, 11) is 3.39. The van der Waals surface area contributed by atoms with Crippen molar-refractivity contribution in [1.29, 1.82) is 0 Å². The van der Waals surface area contributed by atoms with E-state index < -0.39 is 0 Å². The third-order valence-electron chi connectivity index (χ3n) is 5.17. The molecule has 1 aromatic rings. The fourth-order valence-corrected chi connectivity index (χ4v) is 4.54. The van der Waals surface area contributed by atoms with Crippen molar-refractivity contribution in [2.75, 3.05) is 14.2 Å². The summed E-state index contributed by atoms with van der Waals surface area (Å²) in [5, 5.41) is 0.0180. The van der Waals surface area contributed by atoms with Gasteiger partial charge in [-0.3, -0.25) is 0 Å². The van der Waals surface area contributed by atoms with Crippen molar-refractivity contribution in [3.8, 4) is 11.5 Å². The van der Waals surface area contributed by atoms with Crippen LogP contribution >= 0.6 is 11.6 Å². The van der Waals surface area contributed by atoms with E-state index in [0.717, 1.165) is 41.2 Å². The first-order valence-electron chi connectivity index (χ1n) is 7.57. The van der Waals surface area contributed by atoms with Crippen molar-refractivity contribution < 1.29 is 9.47 Å². The number of benzene rings is 1. The molecule has 0 spiro atoms. The van der Waals surface area contributed by atoms with Crippen LogP contribution < -0.4 is 9.47 Å². The van der Waals surface area contributed by atoms with Gasteiger partial charge in [-0.15, -0.1) is 11.6 Å². The third kappa shape index (κ3) is 2.63. The Morgan fingerprint density at radius 1 is 1.20 bits per heavy atom. The molecule has 3 rings (SSSR count). The number of alkyl halides is 1. The highest BCUT2D eigenvalue weighted by molar-refractivity contribution is 6.21. The molecule has 0 radical (unpaired) electrons. The van der Waals surface area contributed by atoms with Gasteiger partial charge in [0.2, 0.25) is 0 Å². The zero-order valence-corrected chi connectivity index (χ0v) is 13.0. The van der Waals surface area contributed by atoms with Crippen LogP contribution in [0.4, 0.5) is 0 Å². The van der Waals surface area contributed by atoms with E-state index in [4.69, 9.17) is 21.1 Å². The van der Waals surface area contributed by atoms with Gasteiger partial charge in [-0.05, 0) is 61.6 Å². The Hall–Kier alpha value is -0.890. The zero-order valence-electron chi connectivity index (χ0n) is 12.3. The number of rotatable bonds is 5. The van der Waals surface area contributed by atoms with Gasteiger partial charge < -0.3 is 9.47 Å². The van der Waals surface area contributed by atoms with Crippen LogP contribution in [0.15, 0.2) is 18.2 Å². The second kappa shape index (κ2) is 5.85. The van der Waals surface area contributed by atoms with Gasteiger partial charge in [0, 0.05) is 5.56 Å². The maximum Gasteiger partial charge on any atom is 0.123 e. The Morgan fingerprint density at radius 3 is 2.65 bits per heavy atom. The van der Waals surface area contributed by atoms with Gasteiger partial charge in [0.05, 0.1) is 19.6 Å². The Bertz CT molecular complexity index is 474. The zero-order chi connectivity index (χ0) is 14.1. The van der Waals surface area contributed by atoms with Crippen LogP contribution in [-0.4, -0.2) is 14.2 Å². The minimum absolute atomic E-state index is 0.0180. The van der Waals surface area contributed by atoms with Gasteiger partial charge in [-0.2, -0.15) is 0 Å². The molecule has 0 amide bonds. The molecular weight excluding hydrogens is 272 g/mol. The molecule has 2 aliphatic carbocycles. The van der Waals surface area contributed by atoms with E-state index in [-0.39, 0.29) is 5.38 Å². The van der Waals surface area contributed by atoms with Crippen LogP contribution in [0.25, 0.3) is 0 Å². The van der Waals surface area contributed by atoms with Crippen LogP contribution in [0.3, 0.4) is 0 Å². The Morgan fingerprint density at radius 2 is 2.05 bits per heavy atom. The molecule has 1 aromatic carbocycles. The maximum absolute atomic E-state index is 6.70. The molecule has 0 saturated heterocycles. The first-order valence-corrected chi connectivity index (χ1v) is 8.01. The smallest absolute Gasteiger partial charge is 0.123 e. The average molecular weight is 295 g/mol. The second-order valence-electron chi connectivity index (χ2n) is 6.25. The van der Waals surface area contributed by atoms with Gasteiger partial charge in [0.25, 0.3) is 0 Å². The molecule has 3 heteroatoms. The highest BCUT2D eigenvalue weighted by atomic mass is 35.5. The van der Waals surface area contributed by atoms with E-state index in [1.165, 1.54) is 25.7 Å². The van der Waals surface area contributed by atoms with Crippen molar-refractivity contribution in [3.05, 3.63) is 23.8 Å². The lowest BCUT2D eigenvalue weighted by Gasteiger charge is -2.25. The topological polar surface area (TPSA) is 18.5 Å². The van der Waals surface area contributed by atoms with Gasteiger partial charge in [-0.25, -0.2) is 0 Å². The van der Waals surface area contributed by atoms with Gasteiger partial charge in [-0.1, -0.05) is 6.42 Å². The molecule has 2 saturated carbocycles. The number of methoxy groups -OCH3 is 2. The molecule has 0 heterocycles. The molecule has 4 unspecified atom stereocenters. The normalized spacial score (nSPS) is 29.4. The maximum atomic E-state index is 6.70. The predicted octanol–water partition coefficient (Wildman–Crippen LogP) is 4.81. The first kappa shape index (κ1) is 14.1. The van der Waals surface area contributed by atoms with Crippen molar-refractivity contribution in [1.82, 2.24) is 0 Å². The molecule has 2 bridgehead atoms. The summed E-state index contributed by atoms with van der Waals surface area (Å²) in [6.45, 7) is 0.